The molecule has 0 atom stereocenters. The molecule has 4 aromatic rings. The number of fused-ring (bicyclic) bond motifs is 2. The van der Waals surface area contributed by atoms with Crippen LogP contribution in [0.2, 0.25) is 0 Å². The summed E-state index contributed by atoms with van der Waals surface area (Å²) in [4.78, 5) is 20.8. The molecule has 0 radical (unpaired) electrons. The summed E-state index contributed by atoms with van der Waals surface area (Å²) in [5.74, 6) is -0.368. The van der Waals surface area contributed by atoms with Crippen molar-refractivity contribution in [2.75, 3.05) is 6.61 Å². The van der Waals surface area contributed by atoms with E-state index < -0.39 is 12.8 Å². The summed E-state index contributed by atoms with van der Waals surface area (Å²) in [6.07, 6.45) is 0.272. The average molecular weight is 443 g/mol. The third kappa shape index (κ3) is 4.63. The highest BCUT2D eigenvalue weighted by atomic mass is 19.4. The van der Waals surface area contributed by atoms with Crippen LogP contribution >= 0.6 is 0 Å². The van der Waals surface area contributed by atoms with Crippen LogP contribution in [-0.4, -0.2) is 44.5 Å². The normalized spacial score (nSPS) is 11.9. The number of nitrogens with zero attached hydrogens (tertiary/aromatic N) is 4. The second-order valence-corrected chi connectivity index (χ2v) is 7.59. The molecule has 0 spiro atoms. The van der Waals surface area contributed by atoms with Gasteiger partial charge in [-0.2, -0.15) is 18.3 Å². The first-order chi connectivity index (χ1) is 15.2. The molecule has 3 heterocycles. The lowest BCUT2D eigenvalue weighted by molar-refractivity contribution is -0.153. The first kappa shape index (κ1) is 21.5. The molecule has 1 aromatic carbocycles. The number of pyridine rings is 2. The van der Waals surface area contributed by atoms with E-state index >= 15 is 0 Å². The maximum Gasteiger partial charge on any atom is 0.422 e. The van der Waals surface area contributed by atoms with E-state index in [2.05, 4.69) is 20.4 Å². The number of amides is 1. The largest absolute Gasteiger partial charge is 0.468 e. The molecule has 4 rings (SSSR count). The fraction of sp³-hybridized carbons (Fsp3) is 0.273. The Bertz CT molecular complexity index is 1280. The van der Waals surface area contributed by atoms with E-state index in [9.17, 15) is 18.0 Å². The van der Waals surface area contributed by atoms with Gasteiger partial charge in [-0.3, -0.25) is 14.5 Å². The van der Waals surface area contributed by atoms with Gasteiger partial charge in [-0.1, -0.05) is 18.2 Å². The topological polar surface area (TPSA) is 81.9 Å². The van der Waals surface area contributed by atoms with Crippen LogP contribution in [0.15, 0.2) is 48.9 Å². The molecular weight excluding hydrogens is 423 g/mol. The molecule has 3 aromatic heterocycles. The zero-order valence-electron chi connectivity index (χ0n) is 17.3. The van der Waals surface area contributed by atoms with Gasteiger partial charge in [-0.15, -0.1) is 0 Å². The minimum atomic E-state index is -4.45. The van der Waals surface area contributed by atoms with Crippen LogP contribution in [-0.2, 0) is 6.54 Å². The number of carbonyl (C=O) groups excluding carboxylic acids is 1. The lowest BCUT2D eigenvalue weighted by Crippen LogP contribution is -2.30. The zero-order chi connectivity index (χ0) is 22.9. The van der Waals surface area contributed by atoms with Crippen LogP contribution in [0.4, 0.5) is 13.2 Å². The Morgan fingerprint density at radius 2 is 1.88 bits per heavy atom. The van der Waals surface area contributed by atoms with E-state index in [1.807, 2.05) is 13.8 Å². The molecule has 0 bridgehead atoms. The molecular formula is C22H20F3N5O2. The Morgan fingerprint density at radius 1 is 1.12 bits per heavy atom. The molecule has 0 saturated carbocycles. The molecule has 1 N–H and O–H groups in total. The molecule has 7 nitrogen and oxygen atoms in total. The van der Waals surface area contributed by atoms with Crippen molar-refractivity contribution in [2.45, 2.75) is 32.6 Å². The predicted molar refractivity (Wildman–Crippen MR) is 113 cm³/mol. The summed E-state index contributed by atoms with van der Waals surface area (Å²) in [6, 6.07) is 8.63. The standard InChI is InChI=1S/C22H20F3N5O2/c1-13(2)28-20(31)19-17-11-30(29-18(17)7-8-26-19)10-14-9-27-21(32-12-22(23,24)25)16-6-4-3-5-15(14)16/h3-9,11,13H,10,12H2,1-2H3,(H,28,31). The van der Waals surface area contributed by atoms with Crippen LogP contribution in [0.5, 0.6) is 5.88 Å². The van der Waals surface area contributed by atoms with Crippen molar-refractivity contribution < 1.29 is 22.7 Å². The van der Waals surface area contributed by atoms with Gasteiger partial charge in [-0.05, 0) is 36.9 Å². The predicted octanol–water partition coefficient (Wildman–Crippen LogP) is 4.11. The molecule has 0 unspecified atom stereocenters. The summed E-state index contributed by atoms with van der Waals surface area (Å²) >= 11 is 0. The number of aromatic nitrogens is 4. The van der Waals surface area contributed by atoms with Crippen LogP contribution in [0.3, 0.4) is 0 Å². The van der Waals surface area contributed by atoms with E-state index in [4.69, 9.17) is 4.74 Å². The van der Waals surface area contributed by atoms with Crippen LogP contribution in [0.25, 0.3) is 21.7 Å². The number of ether oxygens (including phenoxy) is 1. The summed E-state index contributed by atoms with van der Waals surface area (Å²) in [7, 11) is 0. The number of carbonyl (C=O) groups is 1. The monoisotopic (exact) mass is 443 g/mol. The highest BCUT2D eigenvalue weighted by Crippen LogP contribution is 2.28. The van der Waals surface area contributed by atoms with Crippen molar-refractivity contribution in [2.24, 2.45) is 0 Å². The number of hydrogen-bond donors (Lipinski definition) is 1. The van der Waals surface area contributed by atoms with E-state index in [0.29, 0.717) is 28.2 Å². The number of hydrogen-bond acceptors (Lipinski definition) is 5. The van der Waals surface area contributed by atoms with Gasteiger partial charge >= 0.3 is 6.18 Å². The third-order valence-electron chi connectivity index (χ3n) is 4.66. The van der Waals surface area contributed by atoms with Crippen LogP contribution in [0, 0.1) is 0 Å². The number of benzene rings is 1. The molecule has 0 saturated heterocycles. The van der Waals surface area contributed by atoms with Gasteiger partial charge in [0, 0.05) is 30.0 Å². The van der Waals surface area contributed by atoms with Crippen LogP contribution < -0.4 is 10.1 Å². The van der Waals surface area contributed by atoms with Gasteiger partial charge in [0.2, 0.25) is 5.88 Å². The Balaban J connectivity index is 1.67. The van der Waals surface area contributed by atoms with Gasteiger partial charge in [0.05, 0.1) is 17.4 Å². The number of halogens is 3. The van der Waals surface area contributed by atoms with E-state index in [1.165, 1.54) is 12.4 Å². The Morgan fingerprint density at radius 3 is 2.59 bits per heavy atom. The van der Waals surface area contributed by atoms with Gasteiger partial charge in [0.15, 0.2) is 6.61 Å². The van der Waals surface area contributed by atoms with E-state index in [1.54, 1.807) is 41.2 Å². The number of rotatable bonds is 6. The maximum atomic E-state index is 12.6. The van der Waals surface area contributed by atoms with Crippen molar-refractivity contribution >= 4 is 27.6 Å². The zero-order valence-corrected chi connectivity index (χ0v) is 17.3. The lowest BCUT2D eigenvalue weighted by Gasteiger charge is -2.13. The minimum Gasteiger partial charge on any atom is -0.468 e. The summed E-state index contributed by atoms with van der Waals surface area (Å²) in [6.45, 7) is 2.61. The second kappa shape index (κ2) is 8.45. The van der Waals surface area contributed by atoms with Crippen molar-refractivity contribution in [3.05, 3.63) is 60.2 Å². The smallest absolute Gasteiger partial charge is 0.422 e. The SMILES string of the molecule is CC(C)NC(=O)c1nccc2nn(Cc3cnc(OCC(F)(F)F)c4ccccc34)cc12. The molecule has 0 aliphatic carbocycles. The van der Waals surface area contributed by atoms with Crippen molar-refractivity contribution in [1.29, 1.82) is 0 Å². The molecule has 0 aliphatic rings. The maximum absolute atomic E-state index is 12.6. The number of nitrogens with one attached hydrogen (secondary N) is 1. The first-order valence-electron chi connectivity index (χ1n) is 9.90. The van der Waals surface area contributed by atoms with Gasteiger partial charge < -0.3 is 10.1 Å². The summed E-state index contributed by atoms with van der Waals surface area (Å²) < 4.78 is 44.3. The Kier molecular flexibility index (Phi) is 5.68. The number of alkyl halides is 3. The molecule has 1 amide bonds. The van der Waals surface area contributed by atoms with Crippen LogP contribution in [0.1, 0.15) is 29.9 Å². The van der Waals surface area contributed by atoms with Gasteiger partial charge in [-0.25, -0.2) is 4.98 Å². The highest BCUT2D eigenvalue weighted by molar-refractivity contribution is 6.04. The van der Waals surface area contributed by atoms with Gasteiger partial charge in [0.1, 0.15) is 5.69 Å². The summed E-state index contributed by atoms with van der Waals surface area (Å²) in [5.41, 5.74) is 1.63. The molecule has 32 heavy (non-hydrogen) atoms. The lowest BCUT2D eigenvalue weighted by atomic mass is 10.1. The minimum absolute atomic E-state index is 0.0369. The quantitative estimate of drug-likeness (QED) is 0.485. The fourth-order valence-electron chi connectivity index (χ4n) is 3.38. The molecule has 166 valence electrons. The Labute approximate surface area is 181 Å². The molecule has 0 aliphatic heterocycles. The van der Waals surface area contributed by atoms with E-state index in [-0.39, 0.29) is 23.5 Å². The summed E-state index contributed by atoms with van der Waals surface area (Å²) in [5, 5.41) is 9.12. The second-order valence-electron chi connectivity index (χ2n) is 7.59. The molecule has 10 heteroatoms. The molecule has 0 fully saturated rings. The third-order valence-corrected chi connectivity index (χ3v) is 4.66. The Hall–Kier alpha value is -3.69. The van der Waals surface area contributed by atoms with Crippen molar-refractivity contribution in [3.8, 4) is 5.88 Å². The highest BCUT2D eigenvalue weighted by Gasteiger charge is 2.29. The first-order valence-corrected chi connectivity index (χ1v) is 9.90. The van der Waals surface area contributed by atoms with Crippen molar-refractivity contribution in [1.82, 2.24) is 25.1 Å². The van der Waals surface area contributed by atoms with E-state index in [0.717, 1.165) is 5.56 Å². The average Bonchev–Trinajstić information content (AvgIpc) is 3.14. The van der Waals surface area contributed by atoms with Gasteiger partial charge in [0.25, 0.3) is 5.91 Å². The fourth-order valence-corrected chi connectivity index (χ4v) is 3.38. The van der Waals surface area contributed by atoms with Crippen molar-refractivity contribution in [3.63, 3.8) is 0 Å².